The lowest BCUT2D eigenvalue weighted by Crippen LogP contribution is -2.30. The van der Waals surface area contributed by atoms with Crippen molar-refractivity contribution in [1.82, 2.24) is 4.90 Å². The SMILES string of the molecule is C=CCN(Cc1csc(C(C)=O)c1)C(C)C. The molecule has 0 saturated carbocycles. The summed E-state index contributed by atoms with van der Waals surface area (Å²) in [6.45, 7) is 11.5. The minimum atomic E-state index is 0.149. The summed E-state index contributed by atoms with van der Waals surface area (Å²) in [5.74, 6) is 0.149. The summed E-state index contributed by atoms with van der Waals surface area (Å²) < 4.78 is 0. The van der Waals surface area contributed by atoms with Crippen molar-refractivity contribution in [3.63, 3.8) is 0 Å². The molecule has 0 amide bonds. The molecule has 0 aliphatic rings. The zero-order valence-electron chi connectivity index (χ0n) is 10.2. The van der Waals surface area contributed by atoms with Gasteiger partial charge in [-0.1, -0.05) is 6.08 Å². The highest BCUT2D eigenvalue weighted by Gasteiger charge is 2.10. The van der Waals surface area contributed by atoms with E-state index in [1.807, 2.05) is 12.1 Å². The molecule has 0 aliphatic carbocycles. The normalized spacial score (nSPS) is 11.1. The maximum atomic E-state index is 11.2. The first-order valence-corrected chi connectivity index (χ1v) is 6.36. The lowest BCUT2D eigenvalue weighted by molar-refractivity contribution is 0.102. The lowest BCUT2D eigenvalue weighted by Gasteiger charge is -2.24. The summed E-state index contributed by atoms with van der Waals surface area (Å²) in [4.78, 5) is 14.3. The van der Waals surface area contributed by atoms with Crippen LogP contribution in [0.15, 0.2) is 24.1 Å². The highest BCUT2D eigenvalue weighted by Crippen LogP contribution is 2.17. The summed E-state index contributed by atoms with van der Waals surface area (Å²) in [5.41, 5.74) is 1.21. The molecule has 16 heavy (non-hydrogen) atoms. The van der Waals surface area contributed by atoms with Crippen LogP contribution in [0.5, 0.6) is 0 Å². The monoisotopic (exact) mass is 237 g/mol. The van der Waals surface area contributed by atoms with Crippen LogP contribution in [-0.2, 0) is 6.54 Å². The molecule has 0 aromatic carbocycles. The summed E-state index contributed by atoms with van der Waals surface area (Å²) >= 11 is 1.53. The number of Topliss-reactive ketones (excluding diaryl/α,β-unsaturated/α-hetero) is 1. The van der Waals surface area contributed by atoms with Gasteiger partial charge in [0.05, 0.1) is 4.88 Å². The highest BCUT2D eigenvalue weighted by molar-refractivity contribution is 7.12. The van der Waals surface area contributed by atoms with Crippen molar-refractivity contribution in [3.05, 3.63) is 34.5 Å². The number of nitrogens with zero attached hydrogens (tertiary/aromatic N) is 1. The highest BCUT2D eigenvalue weighted by atomic mass is 32.1. The van der Waals surface area contributed by atoms with Crippen molar-refractivity contribution in [2.45, 2.75) is 33.4 Å². The van der Waals surface area contributed by atoms with E-state index in [0.717, 1.165) is 18.0 Å². The number of thiophene rings is 1. The first-order chi connectivity index (χ1) is 7.54. The molecule has 0 fully saturated rings. The smallest absolute Gasteiger partial charge is 0.169 e. The van der Waals surface area contributed by atoms with Gasteiger partial charge in [-0.2, -0.15) is 0 Å². The molecule has 0 aliphatic heterocycles. The van der Waals surface area contributed by atoms with Crippen molar-refractivity contribution < 1.29 is 4.79 Å². The average molecular weight is 237 g/mol. The Balaban J connectivity index is 2.69. The predicted molar refractivity (Wildman–Crippen MR) is 70.1 cm³/mol. The Bertz CT molecular complexity index is 368. The van der Waals surface area contributed by atoms with E-state index in [2.05, 4.69) is 30.7 Å². The molecule has 0 saturated heterocycles. The number of rotatable bonds is 6. The molecule has 1 aromatic heterocycles. The maximum Gasteiger partial charge on any atom is 0.169 e. The number of carbonyl (C=O) groups is 1. The third-order valence-electron chi connectivity index (χ3n) is 2.48. The van der Waals surface area contributed by atoms with Crippen LogP contribution in [0.2, 0.25) is 0 Å². The minimum absolute atomic E-state index is 0.149. The number of carbonyl (C=O) groups excluding carboxylic acids is 1. The van der Waals surface area contributed by atoms with Gasteiger partial charge in [-0.25, -0.2) is 0 Å². The second kappa shape index (κ2) is 5.97. The molecule has 1 rings (SSSR count). The van der Waals surface area contributed by atoms with Crippen LogP contribution in [0, 0.1) is 0 Å². The average Bonchev–Trinajstić information content (AvgIpc) is 2.65. The molecule has 0 N–H and O–H groups in total. The third-order valence-corrected chi connectivity index (χ3v) is 3.56. The van der Waals surface area contributed by atoms with Gasteiger partial charge < -0.3 is 0 Å². The van der Waals surface area contributed by atoms with Gasteiger partial charge >= 0.3 is 0 Å². The standard InChI is InChI=1S/C13H19NOS/c1-5-6-14(10(2)3)8-12-7-13(11(4)15)16-9-12/h5,7,9-10H,1,6,8H2,2-4H3. The van der Waals surface area contributed by atoms with Gasteiger partial charge in [-0.15, -0.1) is 17.9 Å². The number of ketones is 1. The topological polar surface area (TPSA) is 20.3 Å². The lowest BCUT2D eigenvalue weighted by atomic mass is 10.2. The van der Waals surface area contributed by atoms with Gasteiger partial charge in [0.15, 0.2) is 5.78 Å². The first-order valence-electron chi connectivity index (χ1n) is 5.48. The zero-order chi connectivity index (χ0) is 12.1. The Kier molecular flexibility index (Phi) is 4.90. The van der Waals surface area contributed by atoms with Crippen molar-refractivity contribution >= 4 is 17.1 Å². The Morgan fingerprint density at radius 3 is 2.75 bits per heavy atom. The minimum Gasteiger partial charge on any atom is -0.294 e. The van der Waals surface area contributed by atoms with Crippen molar-refractivity contribution in [2.24, 2.45) is 0 Å². The van der Waals surface area contributed by atoms with E-state index in [9.17, 15) is 4.79 Å². The quantitative estimate of drug-likeness (QED) is 0.558. The number of hydrogen-bond acceptors (Lipinski definition) is 3. The molecule has 1 heterocycles. The van der Waals surface area contributed by atoms with Crippen LogP contribution in [-0.4, -0.2) is 23.3 Å². The van der Waals surface area contributed by atoms with E-state index in [1.165, 1.54) is 16.9 Å². The fraction of sp³-hybridized carbons (Fsp3) is 0.462. The Labute approximate surface area is 102 Å². The maximum absolute atomic E-state index is 11.2. The van der Waals surface area contributed by atoms with Gasteiger partial charge in [0.25, 0.3) is 0 Å². The molecular weight excluding hydrogens is 218 g/mol. The predicted octanol–water partition coefficient (Wildman–Crippen LogP) is 3.35. The van der Waals surface area contributed by atoms with Gasteiger partial charge in [0.1, 0.15) is 0 Å². The van der Waals surface area contributed by atoms with Crippen LogP contribution in [0.25, 0.3) is 0 Å². The van der Waals surface area contributed by atoms with E-state index in [4.69, 9.17) is 0 Å². The fourth-order valence-corrected chi connectivity index (χ4v) is 2.31. The fourth-order valence-electron chi connectivity index (χ4n) is 1.50. The molecule has 0 bridgehead atoms. The molecule has 0 unspecified atom stereocenters. The Hall–Kier alpha value is -0.930. The van der Waals surface area contributed by atoms with Crippen molar-refractivity contribution in [1.29, 1.82) is 0 Å². The summed E-state index contributed by atoms with van der Waals surface area (Å²) in [5, 5.41) is 2.06. The van der Waals surface area contributed by atoms with Crippen molar-refractivity contribution in [3.8, 4) is 0 Å². The summed E-state index contributed by atoms with van der Waals surface area (Å²) in [7, 11) is 0. The molecule has 88 valence electrons. The molecule has 0 spiro atoms. The van der Waals surface area contributed by atoms with E-state index >= 15 is 0 Å². The third kappa shape index (κ3) is 3.58. The zero-order valence-corrected chi connectivity index (χ0v) is 11.0. The van der Waals surface area contributed by atoms with Gasteiger partial charge in [-0.3, -0.25) is 9.69 Å². The van der Waals surface area contributed by atoms with Gasteiger partial charge in [0, 0.05) is 19.1 Å². The number of hydrogen-bond donors (Lipinski definition) is 0. The van der Waals surface area contributed by atoms with E-state index in [-0.39, 0.29) is 5.78 Å². The van der Waals surface area contributed by atoms with E-state index in [0.29, 0.717) is 6.04 Å². The molecule has 3 heteroatoms. The largest absolute Gasteiger partial charge is 0.294 e. The Morgan fingerprint density at radius 2 is 2.31 bits per heavy atom. The molecule has 0 atom stereocenters. The Morgan fingerprint density at radius 1 is 1.62 bits per heavy atom. The van der Waals surface area contributed by atoms with Crippen molar-refractivity contribution in [2.75, 3.05) is 6.54 Å². The molecular formula is C13H19NOS. The van der Waals surface area contributed by atoms with Gasteiger partial charge in [-0.05, 0) is 37.8 Å². The van der Waals surface area contributed by atoms with Crippen LogP contribution < -0.4 is 0 Å². The van der Waals surface area contributed by atoms with Crippen LogP contribution in [0.3, 0.4) is 0 Å². The first kappa shape index (κ1) is 13.1. The van der Waals surface area contributed by atoms with Crippen LogP contribution in [0.1, 0.15) is 36.0 Å². The van der Waals surface area contributed by atoms with E-state index < -0.39 is 0 Å². The van der Waals surface area contributed by atoms with E-state index in [1.54, 1.807) is 6.92 Å². The second-order valence-corrected chi connectivity index (χ2v) is 5.10. The van der Waals surface area contributed by atoms with Crippen LogP contribution >= 0.6 is 11.3 Å². The van der Waals surface area contributed by atoms with Crippen LogP contribution in [0.4, 0.5) is 0 Å². The molecule has 1 aromatic rings. The van der Waals surface area contributed by atoms with Gasteiger partial charge in [0.2, 0.25) is 0 Å². The summed E-state index contributed by atoms with van der Waals surface area (Å²) in [6.07, 6.45) is 1.91. The summed E-state index contributed by atoms with van der Waals surface area (Å²) in [6, 6.07) is 2.48. The molecule has 2 nitrogen and oxygen atoms in total. The second-order valence-electron chi connectivity index (χ2n) is 4.19. The molecule has 0 radical (unpaired) electrons.